The number of hydrogen-bond acceptors (Lipinski definition) is 5. The summed E-state index contributed by atoms with van der Waals surface area (Å²) in [5, 5.41) is 13.2. The largest absolute Gasteiger partial charge is 0.468 e. The number of aryl methyl sites for hydroxylation is 6. The summed E-state index contributed by atoms with van der Waals surface area (Å²) in [6.45, 7) is 12.0. The van der Waals surface area contributed by atoms with Gasteiger partial charge >= 0.3 is 0 Å². The monoisotopic (exact) mass is 460 g/mol. The van der Waals surface area contributed by atoms with E-state index in [2.05, 4.69) is 47.4 Å². The molecule has 0 aliphatic carbocycles. The van der Waals surface area contributed by atoms with Crippen LogP contribution in [0.1, 0.15) is 46.6 Å². The van der Waals surface area contributed by atoms with Gasteiger partial charge in [-0.1, -0.05) is 17.7 Å². The summed E-state index contributed by atoms with van der Waals surface area (Å²) in [6.07, 6.45) is 0. The highest BCUT2D eigenvalue weighted by molar-refractivity contribution is 5.95. The lowest BCUT2D eigenvalue weighted by atomic mass is 9.99. The highest BCUT2D eigenvalue weighted by atomic mass is 16.5. The third kappa shape index (κ3) is 4.27. The van der Waals surface area contributed by atoms with Gasteiger partial charge in [0.2, 0.25) is 5.88 Å². The van der Waals surface area contributed by atoms with Crippen molar-refractivity contribution in [2.75, 3.05) is 6.61 Å². The van der Waals surface area contributed by atoms with Crippen molar-refractivity contribution in [3.05, 3.63) is 57.9 Å². The van der Waals surface area contributed by atoms with Gasteiger partial charge in [0.15, 0.2) is 12.3 Å². The third-order valence-corrected chi connectivity index (χ3v) is 6.34. The minimum atomic E-state index is -0.212. The average molecular weight is 461 g/mol. The van der Waals surface area contributed by atoms with E-state index in [1.165, 1.54) is 5.56 Å². The number of benzene rings is 1. The third-order valence-electron chi connectivity index (χ3n) is 6.34. The van der Waals surface area contributed by atoms with Crippen LogP contribution in [0.2, 0.25) is 0 Å². The van der Waals surface area contributed by atoms with Gasteiger partial charge < -0.3 is 10.1 Å². The molecular formula is C26H32N6O2. The number of carbonyl (C=O) groups is 1. The second-order valence-corrected chi connectivity index (χ2v) is 9.05. The molecule has 3 heterocycles. The molecule has 3 aromatic heterocycles. The number of amides is 1. The standard InChI is InChI=1S/C26H32N6O2/c1-14-9-10-15(2)20(11-14)25-23-16(3)12-22(28-26(23)32(8)30-25)34-13-21(33)27-17(4)24-18(5)29-31(7)19(24)6/h9-12,17H,13H2,1-8H3,(H,27,33). The van der Waals surface area contributed by atoms with Gasteiger partial charge in [0.1, 0.15) is 5.69 Å². The van der Waals surface area contributed by atoms with E-state index >= 15 is 0 Å². The highest BCUT2D eigenvalue weighted by Crippen LogP contribution is 2.33. The van der Waals surface area contributed by atoms with Crippen LogP contribution in [-0.4, -0.2) is 37.1 Å². The van der Waals surface area contributed by atoms with Crippen LogP contribution in [0.3, 0.4) is 0 Å². The van der Waals surface area contributed by atoms with Gasteiger partial charge in [-0.05, 0) is 58.7 Å². The van der Waals surface area contributed by atoms with Crippen molar-refractivity contribution in [3.8, 4) is 17.1 Å². The van der Waals surface area contributed by atoms with Crippen molar-refractivity contribution in [2.24, 2.45) is 14.1 Å². The molecule has 8 heteroatoms. The van der Waals surface area contributed by atoms with Crippen LogP contribution in [0, 0.1) is 34.6 Å². The van der Waals surface area contributed by atoms with Crippen LogP contribution in [-0.2, 0) is 18.9 Å². The zero-order chi connectivity index (χ0) is 24.7. The number of rotatable bonds is 6. The number of pyridine rings is 1. The molecule has 0 saturated heterocycles. The van der Waals surface area contributed by atoms with Crippen molar-refractivity contribution < 1.29 is 9.53 Å². The summed E-state index contributed by atoms with van der Waals surface area (Å²) in [4.78, 5) is 17.3. The van der Waals surface area contributed by atoms with E-state index in [1.54, 1.807) is 4.68 Å². The lowest BCUT2D eigenvalue weighted by Crippen LogP contribution is -2.31. The van der Waals surface area contributed by atoms with E-state index in [9.17, 15) is 4.79 Å². The first-order valence-corrected chi connectivity index (χ1v) is 11.4. The second kappa shape index (κ2) is 8.93. The summed E-state index contributed by atoms with van der Waals surface area (Å²) in [5.74, 6) is 0.188. The van der Waals surface area contributed by atoms with Crippen LogP contribution >= 0.6 is 0 Å². The quantitative estimate of drug-likeness (QED) is 0.467. The van der Waals surface area contributed by atoms with Crippen LogP contribution in [0.15, 0.2) is 24.3 Å². The predicted octanol–water partition coefficient (Wildman–Crippen LogP) is 4.17. The molecule has 1 amide bonds. The lowest BCUT2D eigenvalue weighted by Gasteiger charge is -2.15. The molecule has 4 rings (SSSR count). The van der Waals surface area contributed by atoms with E-state index in [0.717, 1.165) is 50.4 Å². The number of fused-ring (bicyclic) bond motifs is 1. The zero-order valence-electron chi connectivity index (χ0n) is 21.1. The van der Waals surface area contributed by atoms with Gasteiger partial charge in [-0.25, -0.2) is 4.68 Å². The maximum atomic E-state index is 12.6. The molecule has 0 bridgehead atoms. The Morgan fingerprint density at radius 2 is 1.76 bits per heavy atom. The summed E-state index contributed by atoms with van der Waals surface area (Å²) >= 11 is 0. The van der Waals surface area contributed by atoms with Crippen molar-refractivity contribution in [1.29, 1.82) is 0 Å². The van der Waals surface area contributed by atoms with Crippen LogP contribution < -0.4 is 10.1 Å². The molecule has 34 heavy (non-hydrogen) atoms. The molecule has 0 saturated carbocycles. The molecule has 8 nitrogen and oxygen atoms in total. The van der Waals surface area contributed by atoms with Crippen molar-refractivity contribution in [1.82, 2.24) is 29.9 Å². The Hall–Kier alpha value is -3.68. The zero-order valence-corrected chi connectivity index (χ0v) is 21.1. The molecule has 4 aromatic rings. The fourth-order valence-corrected chi connectivity index (χ4v) is 4.57. The maximum absolute atomic E-state index is 12.6. The van der Waals surface area contributed by atoms with Gasteiger partial charge in [-0.2, -0.15) is 15.2 Å². The Morgan fingerprint density at radius 3 is 2.44 bits per heavy atom. The summed E-state index contributed by atoms with van der Waals surface area (Å²) in [7, 11) is 3.78. The number of ether oxygens (including phenoxy) is 1. The molecule has 1 atom stereocenters. The van der Waals surface area contributed by atoms with Gasteiger partial charge in [-0.15, -0.1) is 0 Å². The Labute approximate surface area is 200 Å². The number of carbonyl (C=O) groups excluding carboxylic acids is 1. The Morgan fingerprint density at radius 1 is 1.03 bits per heavy atom. The van der Waals surface area contributed by atoms with E-state index < -0.39 is 0 Å². The first kappa shape index (κ1) is 23.5. The molecule has 0 aliphatic heterocycles. The summed E-state index contributed by atoms with van der Waals surface area (Å²) < 4.78 is 9.38. The van der Waals surface area contributed by atoms with Gasteiger partial charge in [0.25, 0.3) is 5.91 Å². The molecule has 0 spiro atoms. The number of nitrogens with zero attached hydrogens (tertiary/aromatic N) is 5. The minimum Gasteiger partial charge on any atom is -0.468 e. The Balaban J connectivity index is 1.54. The van der Waals surface area contributed by atoms with Crippen LogP contribution in [0.5, 0.6) is 5.88 Å². The molecule has 0 aliphatic rings. The first-order chi connectivity index (χ1) is 16.1. The Bertz CT molecular complexity index is 1400. The molecule has 178 valence electrons. The minimum absolute atomic E-state index is 0.123. The van der Waals surface area contributed by atoms with Crippen molar-refractivity contribution >= 4 is 16.9 Å². The van der Waals surface area contributed by atoms with Gasteiger partial charge in [-0.3, -0.25) is 9.48 Å². The molecule has 0 fully saturated rings. The lowest BCUT2D eigenvalue weighted by molar-refractivity contribution is -0.123. The molecule has 1 aromatic carbocycles. The van der Waals surface area contributed by atoms with E-state index in [1.807, 2.05) is 52.5 Å². The second-order valence-electron chi connectivity index (χ2n) is 9.05. The van der Waals surface area contributed by atoms with Crippen LogP contribution in [0.4, 0.5) is 0 Å². The molecule has 0 radical (unpaired) electrons. The van der Waals surface area contributed by atoms with Gasteiger partial charge in [0, 0.05) is 37.0 Å². The van der Waals surface area contributed by atoms with Crippen LogP contribution in [0.25, 0.3) is 22.3 Å². The summed E-state index contributed by atoms with van der Waals surface area (Å²) in [5.41, 5.74) is 9.04. The first-order valence-electron chi connectivity index (χ1n) is 11.4. The maximum Gasteiger partial charge on any atom is 0.258 e. The molecule has 1 N–H and O–H groups in total. The van der Waals surface area contributed by atoms with E-state index in [-0.39, 0.29) is 18.6 Å². The SMILES string of the molecule is Cc1ccc(C)c(-c2nn(C)c3nc(OCC(=O)NC(C)c4c(C)nn(C)c4C)cc(C)c23)c1. The number of aromatic nitrogens is 5. The normalized spacial score (nSPS) is 12.2. The van der Waals surface area contributed by atoms with E-state index in [0.29, 0.717) is 5.88 Å². The smallest absolute Gasteiger partial charge is 0.258 e. The fourth-order valence-electron chi connectivity index (χ4n) is 4.57. The van der Waals surface area contributed by atoms with Crippen molar-refractivity contribution in [2.45, 2.75) is 47.6 Å². The fraction of sp³-hybridized carbons (Fsp3) is 0.385. The molecular weight excluding hydrogens is 428 g/mol. The molecule has 1 unspecified atom stereocenters. The average Bonchev–Trinajstić information content (AvgIpc) is 3.23. The summed E-state index contributed by atoms with van der Waals surface area (Å²) in [6, 6.07) is 8.06. The van der Waals surface area contributed by atoms with Crippen molar-refractivity contribution in [3.63, 3.8) is 0 Å². The number of nitrogens with one attached hydrogen (secondary N) is 1. The van der Waals surface area contributed by atoms with Gasteiger partial charge in [0.05, 0.1) is 17.1 Å². The topological polar surface area (TPSA) is 86.9 Å². The number of hydrogen-bond donors (Lipinski definition) is 1. The Kier molecular flexibility index (Phi) is 6.17. The highest BCUT2D eigenvalue weighted by Gasteiger charge is 2.20. The van der Waals surface area contributed by atoms with E-state index in [4.69, 9.17) is 9.84 Å². The predicted molar refractivity (Wildman–Crippen MR) is 133 cm³/mol.